The van der Waals surface area contributed by atoms with Crippen molar-refractivity contribution in [2.45, 2.75) is 169 Å². The van der Waals surface area contributed by atoms with Gasteiger partial charge in [-0.1, -0.05) is 118 Å². The van der Waals surface area contributed by atoms with Crippen LogP contribution in [-0.4, -0.2) is 63.3 Å². The first-order valence-corrected chi connectivity index (χ1v) is 18.7. The monoisotopic (exact) mass is 611 g/mol. The average molecular weight is 611 g/mol. The van der Waals surface area contributed by atoms with Crippen molar-refractivity contribution in [3.05, 3.63) is 0 Å². The highest BCUT2D eigenvalue weighted by Gasteiger charge is 2.17. The first kappa shape index (κ1) is 41.9. The summed E-state index contributed by atoms with van der Waals surface area (Å²) < 4.78 is 11.1. The molecule has 0 aliphatic rings. The third-order valence-corrected chi connectivity index (χ3v) is 8.87. The molecule has 0 amide bonds. The van der Waals surface area contributed by atoms with Gasteiger partial charge in [-0.15, -0.1) is 0 Å². The summed E-state index contributed by atoms with van der Waals surface area (Å²) in [5, 5.41) is 3.31. The molecule has 2 atom stereocenters. The maximum Gasteiger partial charge on any atom is 0.308 e. The molecule has 6 nitrogen and oxygen atoms in total. The van der Waals surface area contributed by atoms with Crippen LogP contribution in [0.5, 0.6) is 0 Å². The van der Waals surface area contributed by atoms with Gasteiger partial charge in [0.2, 0.25) is 0 Å². The van der Waals surface area contributed by atoms with Crippen molar-refractivity contribution in [2.75, 3.05) is 46.4 Å². The molecule has 0 bridgehead atoms. The van der Waals surface area contributed by atoms with E-state index in [2.05, 4.69) is 37.9 Å². The van der Waals surface area contributed by atoms with Gasteiger partial charge in [0.15, 0.2) is 0 Å². The Morgan fingerprint density at radius 3 is 1.26 bits per heavy atom. The van der Waals surface area contributed by atoms with E-state index >= 15 is 0 Å². The Morgan fingerprint density at radius 1 is 0.535 bits per heavy atom. The highest BCUT2D eigenvalue weighted by Crippen LogP contribution is 2.16. The number of esters is 2. The number of carbonyl (C=O) groups is 2. The normalized spacial score (nSPS) is 12.9. The van der Waals surface area contributed by atoms with Gasteiger partial charge >= 0.3 is 11.9 Å². The Hall–Kier alpha value is -1.14. The zero-order chi connectivity index (χ0) is 31.8. The van der Waals surface area contributed by atoms with Gasteiger partial charge in [-0.2, -0.15) is 0 Å². The van der Waals surface area contributed by atoms with Crippen LogP contribution < -0.4 is 5.32 Å². The molecule has 0 aromatic rings. The summed E-state index contributed by atoms with van der Waals surface area (Å²) in [7, 11) is 2.04. The van der Waals surface area contributed by atoms with Crippen LogP contribution in [0, 0.1) is 11.8 Å². The summed E-state index contributed by atoms with van der Waals surface area (Å²) >= 11 is 0. The number of rotatable bonds is 33. The summed E-state index contributed by atoms with van der Waals surface area (Å²) in [5.74, 6) is 0.241. The largest absolute Gasteiger partial charge is 0.465 e. The van der Waals surface area contributed by atoms with Gasteiger partial charge in [-0.25, -0.2) is 0 Å². The van der Waals surface area contributed by atoms with E-state index in [9.17, 15) is 9.59 Å². The molecule has 0 aliphatic carbocycles. The van der Waals surface area contributed by atoms with Crippen LogP contribution in [0.1, 0.15) is 169 Å². The van der Waals surface area contributed by atoms with Crippen molar-refractivity contribution in [1.82, 2.24) is 10.2 Å². The van der Waals surface area contributed by atoms with Gasteiger partial charge in [0.05, 0.1) is 25.0 Å². The molecule has 1 N–H and O–H groups in total. The van der Waals surface area contributed by atoms with Gasteiger partial charge in [-0.05, 0) is 71.5 Å². The van der Waals surface area contributed by atoms with Crippen LogP contribution >= 0.6 is 0 Å². The lowest BCUT2D eigenvalue weighted by molar-refractivity contribution is -0.150. The van der Waals surface area contributed by atoms with E-state index in [0.717, 1.165) is 77.3 Å². The minimum Gasteiger partial charge on any atom is -0.465 e. The van der Waals surface area contributed by atoms with E-state index < -0.39 is 0 Å². The van der Waals surface area contributed by atoms with Crippen LogP contribution in [-0.2, 0) is 19.1 Å². The van der Waals surface area contributed by atoms with Gasteiger partial charge in [0.25, 0.3) is 0 Å². The maximum absolute atomic E-state index is 12.2. The summed E-state index contributed by atoms with van der Waals surface area (Å²) in [4.78, 5) is 27.0. The van der Waals surface area contributed by atoms with Crippen LogP contribution in [0.2, 0.25) is 0 Å². The molecule has 0 rings (SSSR count). The lowest BCUT2D eigenvalue weighted by Crippen LogP contribution is -2.32. The molecule has 6 heteroatoms. The fourth-order valence-corrected chi connectivity index (χ4v) is 5.71. The zero-order valence-corrected chi connectivity index (χ0v) is 29.5. The van der Waals surface area contributed by atoms with Crippen LogP contribution in [0.4, 0.5) is 0 Å². The topological polar surface area (TPSA) is 67.9 Å². The van der Waals surface area contributed by atoms with E-state index in [-0.39, 0.29) is 23.8 Å². The number of hydrogen-bond donors (Lipinski definition) is 1. The third kappa shape index (κ3) is 25.8. The molecule has 43 heavy (non-hydrogen) atoms. The van der Waals surface area contributed by atoms with Gasteiger partial charge in [-0.3, -0.25) is 9.59 Å². The number of carbonyl (C=O) groups excluding carboxylic acids is 2. The Balaban J connectivity index is 3.75. The van der Waals surface area contributed by atoms with Gasteiger partial charge in [0.1, 0.15) is 0 Å². The minimum absolute atomic E-state index is 0.0214. The fourth-order valence-electron chi connectivity index (χ4n) is 5.71. The smallest absolute Gasteiger partial charge is 0.308 e. The molecule has 0 fully saturated rings. The summed E-state index contributed by atoms with van der Waals surface area (Å²) in [6.45, 7) is 14.3. The third-order valence-electron chi connectivity index (χ3n) is 8.87. The number of likely N-dealkylation sites (N-methyl/N-ethyl adjacent to an activating group) is 1. The number of nitrogens with zero attached hydrogens (tertiary/aromatic N) is 1. The summed E-state index contributed by atoms with van der Waals surface area (Å²) in [6, 6.07) is 0. The fraction of sp³-hybridized carbons (Fsp3) is 0.946. The van der Waals surface area contributed by atoms with E-state index in [0.29, 0.717) is 13.2 Å². The van der Waals surface area contributed by atoms with Crippen molar-refractivity contribution in [3.63, 3.8) is 0 Å². The summed E-state index contributed by atoms with van der Waals surface area (Å²) in [6.07, 6.45) is 25.5. The molecule has 0 aromatic heterocycles. The van der Waals surface area contributed by atoms with Crippen molar-refractivity contribution in [1.29, 1.82) is 0 Å². The molecule has 0 spiro atoms. The predicted octanol–water partition coefficient (Wildman–Crippen LogP) is 9.49. The second-order valence-electron chi connectivity index (χ2n) is 12.7. The van der Waals surface area contributed by atoms with Crippen LogP contribution in [0.25, 0.3) is 0 Å². The lowest BCUT2D eigenvalue weighted by Gasteiger charge is -2.22. The Bertz CT molecular complexity index is 567. The molecule has 0 radical (unpaired) electrons. The molecular formula is C37H74N2O4. The van der Waals surface area contributed by atoms with Crippen LogP contribution in [0.15, 0.2) is 0 Å². The summed E-state index contributed by atoms with van der Waals surface area (Å²) in [5.41, 5.74) is 0. The van der Waals surface area contributed by atoms with Gasteiger partial charge < -0.3 is 19.7 Å². The number of ether oxygens (including phenoxy) is 2. The number of unbranched alkanes of at least 4 members (excludes halogenated alkanes) is 14. The Kier molecular flexibility index (Phi) is 31.4. The lowest BCUT2D eigenvalue weighted by atomic mass is 10.00. The molecule has 0 saturated heterocycles. The SMILES string of the molecule is CCCCC(CC)C(=O)OCCCCCCCCCN(CCCCCCCCCOC(=O)C(CC)CCCC)CCNC. The molecule has 0 heterocycles. The maximum atomic E-state index is 12.2. The second kappa shape index (κ2) is 32.3. The van der Waals surface area contributed by atoms with E-state index in [1.807, 2.05) is 7.05 Å². The minimum atomic E-state index is 0.0214. The van der Waals surface area contributed by atoms with Gasteiger partial charge in [0, 0.05) is 13.1 Å². The first-order chi connectivity index (χ1) is 21.0. The van der Waals surface area contributed by atoms with Crippen molar-refractivity contribution in [2.24, 2.45) is 11.8 Å². The molecular weight excluding hydrogens is 536 g/mol. The predicted molar refractivity (Wildman–Crippen MR) is 184 cm³/mol. The highest BCUT2D eigenvalue weighted by molar-refractivity contribution is 5.72. The first-order valence-electron chi connectivity index (χ1n) is 18.7. The molecule has 0 saturated carbocycles. The molecule has 2 unspecified atom stereocenters. The Labute approximate surface area is 268 Å². The number of hydrogen-bond acceptors (Lipinski definition) is 6. The zero-order valence-electron chi connectivity index (χ0n) is 29.5. The second-order valence-corrected chi connectivity index (χ2v) is 12.7. The molecule has 0 aromatic carbocycles. The van der Waals surface area contributed by atoms with Crippen molar-refractivity contribution in [3.8, 4) is 0 Å². The standard InChI is InChI=1S/C37H74N2O4/c1-6-10-26-34(8-3)36(40)42-32-24-20-16-12-14-18-22-29-39(31-28-38-5)30-23-19-15-13-17-21-25-33-43-37(41)35(9-4)27-11-7-2/h34-35,38H,6-33H2,1-5H3. The van der Waals surface area contributed by atoms with Crippen LogP contribution in [0.3, 0.4) is 0 Å². The van der Waals surface area contributed by atoms with E-state index in [1.165, 1.54) is 90.1 Å². The molecule has 256 valence electrons. The molecule has 0 aliphatic heterocycles. The van der Waals surface area contributed by atoms with E-state index in [4.69, 9.17) is 9.47 Å². The average Bonchev–Trinajstić information content (AvgIpc) is 3.01. The quantitative estimate of drug-likeness (QED) is 0.0590. The highest BCUT2D eigenvalue weighted by atomic mass is 16.5. The Morgan fingerprint density at radius 2 is 0.907 bits per heavy atom. The van der Waals surface area contributed by atoms with Crippen molar-refractivity contribution < 1.29 is 19.1 Å². The number of nitrogens with one attached hydrogen (secondary N) is 1. The van der Waals surface area contributed by atoms with E-state index in [1.54, 1.807) is 0 Å². The van der Waals surface area contributed by atoms with Crippen molar-refractivity contribution >= 4 is 11.9 Å².